The summed E-state index contributed by atoms with van der Waals surface area (Å²) in [7, 11) is 0. The number of carboxylic acid groups (broad SMARTS) is 2. The zero-order valence-corrected chi connectivity index (χ0v) is 9.35. The van der Waals surface area contributed by atoms with Crippen molar-refractivity contribution >= 4 is 11.9 Å². The van der Waals surface area contributed by atoms with Crippen LogP contribution < -0.4 is 34.7 Å². The van der Waals surface area contributed by atoms with Gasteiger partial charge in [0.1, 0.15) is 0 Å². The summed E-state index contributed by atoms with van der Waals surface area (Å²) in [6.45, 7) is 0. The Bertz CT molecular complexity index is 374. The topological polar surface area (TPSA) is 97.7 Å². The molecule has 0 atom stereocenters. The summed E-state index contributed by atoms with van der Waals surface area (Å²) in [6, 6.07) is 2.83. The third kappa shape index (κ3) is 2.73. The molecule has 0 radical (unpaired) electrons. The molecule has 0 fully saturated rings. The summed E-state index contributed by atoms with van der Waals surface area (Å²) in [5, 5.41) is 27.8. The normalized spacial score (nSPS) is 8.86. The van der Waals surface area contributed by atoms with Crippen LogP contribution in [0.25, 0.3) is 0 Å². The molecule has 0 unspecified atom stereocenters. The third-order valence-electron chi connectivity index (χ3n) is 1.46. The van der Waals surface area contributed by atoms with E-state index in [-0.39, 0.29) is 35.1 Å². The number of rotatable bonds is 2. The van der Waals surface area contributed by atoms with Crippen LogP contribution in [0, 0.1) is 0 Å². The van der Waals surface area contributed by atoms with Crippen LogP contribution in [0.15, 0.2) is 18.2 Å². The molecule has 6 heteroatoms. The van der Waals surface area contributed by atoms with Crippen molar-refractivity contribution in [1.82, 2.24) is 0 Å². The Balaban J connectivity index is 0.00000169. The second kappa shape index (κ2) is 4.99. The molecule has 0 aliphatic carbocycles. The Hall–Kier alpha value is -1.04. The van der Waals surface area contributed by atoms with Crippen LogP contribution in [0.5, 0.6) is 5.75 Å². The standard InChI is InChI=1S/C8H6O5.Na/c9-6-2-1-4(7(10)11)3-5(6)8(12)13;/h1-3,9H,(H,10,11)(H,12,13);/q;+1/p-1. The van der Waals surface area contributed by atoms with Gasteiger partial charge in [-0.1, -0.05) is 11.8 Å². The van der Waals surface area contributed by atoms with E-state index in [0.717, 1.165) is 18.2 Å². The van der Waals surface area contributed by atoms with Crippen LogP contribution in [0.4, 0.5) is 0 Å². The summed E-state index contributed by atoms with van der Waals surface area (Å²) in [5.41, 5.74) is -0.739. The largest absolute Gasteiger partial charge is 1.00 e. The number of hydrogen-bond acceptors (Lipinski definition) is 3. The van der Waals surface area contributed by atoms with E-state index in [9.17, 15) is 14.7 Å². The van der Waals surface area contributed by atoms with Crippen LogP contribution in [-0.4, -0.2) is 22.2 Å². The Kier molecular flexibility index (Phi) is 4.62. The number of aromatic carboxylic acids is 2. The van der Waals surface area contributed by atoms with Gasteiger partial charge in [0.05, 0.1) is 11.1 Å². The van der Waals surface area contributed by atoms with Gasteiger partial charge in [0, 0.05) is 0 Å². The third-order valence-corrected chi connectivity index (χ3v) is 1.46. The first kappa shape index (κ1) is 13.0. The summed E-state index contributed by atoms with van der Waals surface area (Å²) < 4.78 is 0. The zero-order chi connectivity index (χ0) is 10.0. The van der Waals surface area contributed by atoms with Crippen LogP contribution in [-0.2, 0) is 0 Å². The quantitative estimate of drug-likeness (QED) is 0.506. The van der Waals surface area contributed by atoms with Crippen molar-refractivity contribution in [3.63, 3.8) is 0 Å². The molecule has 0 aliphatic heterocycles. The molecule has 0 heterocycles. The molecule has 0 aliphatic rings. The predicted octanol–water partition coefficient (Wildman–Crippen LogP) is -2.84. The van der Waals surface area contributed by atoms with E-state index in [1.807, 2.05) is 0 Å². The molecule has 0 amide bonds. The van der Waals surface area contributed by atoms with Crippen molar-refractivity contribution in [2.24, 2.45) is 0 Å². The zero-order valence-electron chi connectivity index (χ0n) is 7.35. The second-order valence-corrected chi connectivity index (χ2v) is 2.32. The summed E-state index contributed by atoms with van der Waals surface area (Å²) >= 11 is 0. The number of carbonyl (C=O) groups is 2. The fraction of sp³-hybridized carbons (Fsp3) is 0. The predicted molar refractivity (Wildman–Crippen MR) is 39.8 cm³/mol. The van der Waals surface area contributed by atoms with E-state index in [2.05, 4.69) is 0 Å². The van der Waals surface area contributed by atoms with Crippen LogP contribution in [0.3, 0.4) is 0 Å². The molecular formula is C8H5NaO5. The minimum atomic E-state index is -1.42. The van der Waals surface area contributed by atoms with Crippen molar-refractivity contribution in [3.05, 3.63) is 29.3 Å². The van der Waals surface area contributed by atoms with E-state index >= 15 is 0 Å². The van der Waals surface area contributed by atoms with E-state index in [0.29, 0.717) is 0 Å². The van der Waals surface area contributed by atoms with Crippen molar-refractivity contribution in [1.29, 1.82) is 0 Å². The molecular weight excluding hydrogens is 199 g/mol. The Morgan fingerprint density at radius 2 is 1.71 bits per heavy atom. The van der Waals surface area contributed by atoms with Gasteiger partial charge in [-0.3, -0.25) is 0 Å². The molecule has 0 saturated heterocycles. The van der Waals surface area contributed by atoms with E-state index in [1.165, 1.54) is 0 Å². The molecule has 0 spiro atoms. The van der Waals surface area contributed by atoms with Gasteiger partial charge < -0.3 is 15.3 Å². The van der Waals surface area contributed by atoms with Crippen molar-refractivity contribution in [3.8, 4) is 5.75 Å². The van der Waals surface area contributed by atoms with E-state index in [4.69, 9.17) is 10.2 Å². The van der Waals surface area contributed by atoms with Gasteiger partial charge in [-0.25, -0.2) is 9.59 Å². The Labute approximate surface area is 101 Å². The van der Waals surface area contributed by atoms with Crippen LogP contribution in [0.1, 0.15) is 20.7 Å². The molecule has 1 aromatic rings. The van der Waals surface area contributed by atoms with Gasteiger partial charge in [-0.05, 0) is 12.1 Å². The maximum absolute atomic E-state index is 10.9. The van der Waals surface area contributed by atoms with Crippen molar-refractivity contribution < 1.29 is 54.5 Å². The number of benzene rings is 1. The molecule has 0 saturated carbocycles. The SMILES string of the molecule is O=C(O)c1ccc([O-])c(C(=O)O)c1.[Na+]. The Morgan fingerprint density at radius 3 is 2.14 bits per heavy atom. The average Bonchev–Trinajstić information content (AvgIpc) is 2.04. The minimum absolute atomic E-state index is 0. The van der Waals surface area contributed by atoms with Gasteiger partial charge in [0.2, 0.25) is 0 Å². The maximum atomic E-state index is 10.9. The first-order valence-corrected chi connectivity index (χ1v) is 3.30. The van der Waals surface area contributed by atoms with Crippen molar-refractivity contribution in [2.75, 3.05) is 0 Å². The van der Waals surface area contributed by atoms with Crippen molar-refractivity contribution in [2.45, 2.75) is 0 Å². The van der Waals surface area contributed by atoms with Gasteiger partial charge in [0.25, 0.3) is 0 Å². The number of hydrogen-bond donors (Lipinski definition) is 2. The fourth-order valence-electron chi connectivity index (χ4n) is 0.830. The minimum Gasteiger partial charge on any atom is -0.872 e. The molecule has 2 N–H and O–H groups in total. The molecule has 5 nitrogen and oxygen atoms in total. The first-order valence-electron chi connectivity index (χ1n) is 3.30. The van der Waals surface area contributed by atoms with Crippen LogP contribution >= 0.6 is 0 Å². The average molecular weight is 204 g/mol. The van der Waals surface area contributed by atoms with Gasteiger partial charge in [-0.2, -0.15) is 0 Å². The van der Waals surface area contributed by atoms with E-state index in [1.54, 1.807) is 0 Å². The molecule has 0 aromatic heterocycles. The first-order chi connectivity index (χ1) is 6.02. The summed E-state index contributed by atoms with van der Waals surface area (Å²) in [4.78, 5) is 20.8. The fourth-order valence-corrected chi connectivity index (χ4v) is 0.830. The van der Waals surface area contributed by atoms with Gasteiger partial charge in [-0.15, -0.1) is 0 Å². The molecule has 1 rings (SSSR count). The molecule has 1 aromatic carbocycles. The van der Waals surface area contributed by atoms with Crippen LogP contribution in [0.2, 0.25) is 0 Å². The molecule has 0 bridgehead atoms. The van der Waals surface area contributed by atoms with E-state index < -0.39 is 23.3 Å². The smallest absolute Gasteiger partial charge is 0.872 e. The van der Waals surface area contributed by atoms with Gasteiger partial charge >= 0.3 is 41.5 Å². The molecule has 14 heavy (non-hydrogen) atoms. The second-order valence-electron chi connectivity index (χ2n) is 2.32. The monoisotopic (exact) mass is 204 g/mol. The van der Waals surface area contributed by atoms with Gasteiger partial charge in [0.15, 0.2) is 0 Å². The number of carboxylic acids is 2. The maximum Gasteiger partial charge on any atom is 1.00 e. The molecule has 68 valence electrons. The Morgan fingerprint density at radius 1 is 1.14 bits per heavy atom. The summed E-state index contributed by atoms with van der Waals surface area (Å²) in [5.74, 6) is -3.38. The summed E-state index contributed by atoms with van der Waals surface area (Å²) in [6.07, 6.45) is 0.